The van der Waals surface area contributed by atoms with Gasteiger partial charge in [0.2, 0.25) is 11.8 Å². The Balaban J connectivity index is 2.12. The fourth-order valence-electron chi connectivity index (χ4n) is 2.12. The molecule has 19 heavy (non-hydrogen) atoms. The van der Waals surface area contributed by atoms with Crippen molar-refractivity contribution in [2.75, 3.05) is 0 Å². The maximum Gasteiger partial charge on any atom is 0.338 e. The number of carboxylic acids is 1. The molecule has 1 fully saturated rings. The molecule has 2 rings (SSSR count). The Labute approximate surface area is 110 Å². The number of hydrogen-bond acceptors (Lipinski definition) is 4. The largest absolute Gasteiger partial charge is 0.478 e. The van der Waals surface area contributed by atoms with Gasteiger partial charge in [0.15, 0.2) is 0 Å². The second-order valence-electron chi connectivity index (χ2n) is 5.50. The summed E-state index contributed by atoms with van der Waals surface area (Å²) in [5, 5.41) is 8.77. The number of piperidine rings is 1. The lowest BCUT2D eigenvalue weighted by Gasteiger charge is -2.34. The molecule has 1 aliphatic heterocycles. The highest BCUT2D eigenvalue weighted by molar-refractivity contribution is 5.98. The topological polar surface area (TPSA) is 87.8 Å². The Hall–Kier alpha value is -2.11. The maximum absolute atomic E-state index is 11.9. The second-order valence-corrected chi connectivity index (χ2v) is 5.50. The summed E-state index contributed by atoms with van der Waals surface area (Å²) in [6.07, 6.45) is 1.69. The summed E-state index contributed by atoms with van der Waals surface area (Å²) < 4.78 is 5.05. The maximum atomic E-state index is 11.9. The summed E-state index contributed by atoms with van der Waals surface area (Å²) in [6, 6.07) is 1.32. The Morgan fingerprint density at radius 1 is 1.37 bits per heavy atom. The highest BCUT2D eigenvalue weighted by Gasteiger charge is 2.37. The summed E-state index contributed by atoms with van der Waals surface area (Å²) >= 11 is 0. The molecule has 102 valence electrons. The number of carboxylic acid groups (broad SMARTS) is 1. The number of carbonyl (C=O) groups excluding carboxylic acids is 2. The van der Waals surface area contributed by atoms with Gasteiger partial charge in [-0.3, -0.25) is 14.5 Å². The van der Waals surface area contributed by atoms with E-state index in [1.165, 1.54) is 6.07 Å². The van der Waals surface area contributed by atoms with E-state index in [-0.39, 0.29) is 29.3 Å². The number of aromatic carboxylic acids is 1. The molecule has 1 N–H and O–H groups in total. The van der Waals surface area contributed by atoms with Crippen molar-refractivity contribution in [3.05, 3.63) is 23.7 Å². The molecular formula is C13H15NO5. The van der Waals surface area contributed by atoms with Crippen molar-refractivity contribution >= 4 is 17.8 Å². The van der Waals surface area contributed by atoms with Crippen LogP contribution in [0.25, 0.3) is 0 Å². The van der Waals surface area contributed by atoms with E-state index in [9.17, 15) is 14.4 Å². The first kappa shape index (κ1) is 13.3. The first-order chi connectivity index (χ1) is 8.78. The highest BCUT2D eigenvalue weighted by atomic mass is 16.4. The fraction of sp³-hybridized carbons (Fsp3) is 0.462. The zero-order valence-electron chi connectivity index (χ0n) is 10.8. The van der Waals surface area contributed by atoms with Crippen molar-refractivity contribution in [1.29, 1.82) is 0 Å². The van der Waals surface area contributed by atoms with Crippen molar-refractivity contribution in [2.45, 2.75) is 33.2 Å². The molecule has 2 heterocycles. The van der Waals surface area contributed by atoms with Crippen LogP contribution < -0.4 is 0 Å². The minimum absolute atomic E-state index is 0.00670. The van der Waals surface area contributed by atoms with E-state index < -0.39 is 5.97 Å². The zero-order chi connectivity index (χ0) is 14.2. The van der Waals surface area contributed by atoms with Gasteiger partial charge in [-0.25, -0.2) is 4.79 Å². The normalized spacial score (nSPS) is 18.7. The van der Waals surface area contributed by atoms with E-state index in [1.54, 1.807) is 0 Å². The first-order valence-electron chi connectivity index (χ1n) is 5.92. The molecule has 6 heteroatoms. The van der Waals surface area contributed by atoms with Crippen LogP contribution in [-0.2, 0) is 16.1 Å². The molecule has 0 aromatic carbocycles. The summed E-state index contributed by atoms with van der Waals surface area (Å²) in [5.74, 6) is -1.32. The lowest BCUT2D eigenvalue weighted by Crippen LogP contribution is -2.45. The standard InChI is InChI=1S/C13H15NO5/c1-13(2)4-10(15)14(11(16)5-13)6-9-3-8(7-19-9)12(17)18/h3,7H,4-6H2,1-2H3,(H,17,18). The number of rotatable bonds is 3. The third-order valence-corrected chi connectivity index (χ3v) is 3.08. The lowest BCUT2D eigenvalue weighted by molar-refractivity contribution is -0.153. The molecule has 1 aromatic heterocycles. The molecule has 1 saturated heterocycles. The van der Waals surface area contributed by atoms with Gasteiger partial charge in [-0.2, -0.15) is 0 Å². The van der Waals surface area contributed by atoms with E-state index >= 15 is 0 Å². The number of imide groups is 1. The van der Waals surface area contributed by atoms with Gasteiger partial charge in [-0.15, -0.1) is 0 Å². The van der Waals surface area contributed by atoms with E-state index in [0.29, 0.717) is 18.6 Å². The quantitative estimate of drug-likeness (QED) is 0.839. The summed E-state index contributed by atoms with van der Waals surface area (Å²) in [5.41, 5.74) is -0.313. The molecule has 1 aliphatic rings. The van der Waals surface area contributed by atoms with Crippen molar-refractivity contribution in [3.8, 4) is 0 Å². The fourth-order valence-corrected chi connectivity index (χ4v) is 2.12. The van der Waals surface area contributed by atoms with Crippen LogP contribution in [-0.4, -0.2) is 27.8 Å². The predicted molar refractivity (Wildman–Crippen MR) is 64.2 cm³/mol. The molecule has 1 aromatic rings. The minimum Gasteiger partial charge on any atom is -0.478 e. The van der Waals surface area contributed by atoms with E-state index in [4.69, 9.17) is 9.52 Å². The Morgan fingerprint density at radius 2 is 1.95 bits per heavy atom. The molecule has 6 nitrogen and oxygen atoms in total. The molecule has 0 radical (unpaired) electrons. The molecule has 0 spiro atoms. The third kappa shape index (κ3) is 2.83. The molecule has 0 bridgehead atoms. The Bertz CT molecular complexity index is 523. The van der Waals surface area contributed by atoms with Crippen LogP contribution >= 0.6 is 0 Å². The van der Waals surface area contributed by atoms with E-state index in [2.05, 4.69) is 0 Å². The zero-order valence-corrected chi connectivity index (χ0v) is 10.8. The van der Waals surface area contributed by atoms with E-state index in [0.717, 1.165) is 11.2 Å². The Kier molecular flexibility index (Phi) is 3.18. The molecule has 0 aliphatic carbocycles. The van der Waals surface area contributed by atoms with Crippen molar-refractivity contribution in [3.63, 3.8) is 0 Å². The molecule has 0 atom stereocenters. The van der Waals surface area contributed by atoms with Crippen molar-refractivity contribution in [2.24, 2.45) is 5.41 Å². The number of hydrogen-bond donors (Lipinski definition) is 1. The van der Waals surface area contributed by atoms with Gasteiger partial charge in [-0.05, 0) is 11.5 Å². The van der Waals surface area contributed by atoms with Gasteiger partial charge in [0.1, 0.15) is 12.0 Å². The number of likely N-dealkylation sites (tertiary alicyclic amines) is 1. The van der Waals surface area contributed by atoms with Crippen molar-refractivity contribution in [1.82, 2.24) is 4.90 Å². The van der Waals surface area contributed by atoms with Crippen molar-refractivity contribution < 1.29 is 23.9 Å². The van der Waals surface area contributed by atoms with Crippen LogP contribution in [0.15, 0.2) is 16.7 Å². The third-order valence-electron chi connectivity index (χ3n) is 3.08. The first-order valence-corrected chi connectivity index (χ1v) is 5.92. The molecule has 0 saturated carbocycles. The molecule has 2 amide bonds. The second kappa shape index (κ2) is 4.53. The van der Waals surface area contributed by atoms with Crippen LogP contribution in [0.1, 0.15) is 42.8 Å². The van der Waals surface area contributed by atoms with Gasteiger partial charge in [0, 0.05) is 12.8 Å². The lowest BCUT2D eigenvalue weighted by atomic mass is 9.82. The number of nitrogens with zero attached hydrogens (tertiary/aromatic N) is 1. The van der Waals surface area contributed by atoms with Gasteiger partial charge >= 0.3 is 5.97 Å². The summed E-state index contributed by atoms with van der Waals surface area (Å²) in [7, 11) is 0. The number of amides is 2. The van der Waals surface area contributed by atoms with Crippen LogP contribution in [0.3, 0.4) is 0 Å². The van der Waals surface area contributed by atoms with Crippen LogP contribution in [0, 0.1) is 5.41 Å². The number of furan rings is 1. The average Bonchev–Trinajstić information content (AvgIpc) is 2.70. The Morgan fingerprint density at radius 3 is 2.42 bits per heavy atom. The average molecular weight is 265 g/mol. The van der Waals surface area contributed by atoms with Gasteiger partial charge in [0.05, 0.1) is 12.1 Å². The molecular weight excluding hydrogens is 250 g/mol. The van der Waals surface area contributed by atoms with E-state index in [1.807, 2.05) is 13.8 Å². The molecule has 0 unspecified atom stereocenters. The summed E-state index contributed by atoms with van der Waals surface area (Å²) in [4.78, 5) is 35.7. The van der Waals surface area contributed by atoms with Gasteiger partial charge in [-0.1, -0.05) is 13.8 Å². The van der Waals surface area contributed by atoms with Crippen LogP contribution in [0.5, 0.6) is 0 Å². The highest BCUT2D eigenvalue weighted by Crippen LogP contribution is 2.32. The van der Waals surface area contributed by atoms with Gasteiger partial charge in [0.25, 0.3) is 0 Å². The monoisotopic (exact) mass is 265 g/mol. The SMILES string of the molecule is CC1(C)CC(=O)N(Cc2cc(C(=O)O)co2)C(=O)C1. The number of carbonyl (C=O) groups is 3. The predicted octanol–water partition coefficient (Wildman–Crippen LogP) is 1.65. The van der Waals surface area contributed by atoms with Crippen LogP contribution in [0.4, 0.5) is 0 Å². The summed E-state index contributed by atoms with van der Waals surface area (Å²) in [6.45, 7) is 3.73. The minimum atomic E-state index is -1.10. The van der Waals surface area contributed by atoms with Crippen LogP contribution in [0.2, 0.25) is 0 Å². The van der Waals surface area contributed by atoms with Gasteiger partial charge < -0.3 is 9.52 Å². The smallest absolute Gasteiger partial charge is 0.338 e.